The van der Waals surface area contributed by atoms with Gasteiger partial charge in [-0.1, -0.05) is 36.4 Å². The largest absolute Gasteiger partial charge is 0.493 e. The van der Waals surface area contributed by atoms with Crippen LogP contribution in [0.5, 0.6) is 11.5 Å². The number of rotatable bonds is 7. The molecule has 2 N–H and O–H groups in total. The van der Waals surface area contributed by atoms with Crippen molar-refractivity contribution in [2.75, 3.05) is 47.4 Å². The number of para-hydroxylation sites is 1. The summed E-state index contributed by atoms with van der Waals surface area (Å²) in [6, 6.07) is 16.3. The standard InChI is InChI=1S/C22H28N6O2/c1-26-12-14-27(15-13-26)20(18-10-7-11-19(29-2)21(18)30-3)22-23-24-25-28(22)16-17-8-5-4-6-9-17/h4-11,20H,12-16H2,1-3H3/p+2/t20-/m1/s1. The van der Waals surface area contributed by atoms with Crippen molar-refractivity contribution in [3.8, 4) is 11.5 Å². The molecule has 30 heavy (non-hydrogen) atoms. The Hall–Kier alpha value is -2.97. The van der Waals surface area contributed by atoms with Gasteiger partial charge in [0.1, 0.15) is 26.2 Å². The molecule has 4 rings (SSSR count). The van der Waals surface area contributed by atoms with E-state index in [2.05, 4.69) is 40.8 Å². The summed E-state index contributed by atoms with van der Waals surface area (Å²) in [6.07, 6.45) is 0. The first-order chi connectivity index (χ1) is 14.7. The second kappa shape index (κ2) is 9.23. The van der Waals surface area contributed by atoms with Gasteiger partial charge < -0.3 is 19.3 Å². The Morgan fingerprint density at radius 2 is 1.73 bits per heavy atom. The second-order valence-electron chi connectivity index (χ2n) is 7.81. The third kappa shape index (κ3) is 4.15. The van der Waals surface area contributed by atoms with Crippen molar-refractivity contribution in [1.29, 1.82) is 0 Å². The van der Waals surface area contributed by atoms with E-state index in [1.807, 2.05) is 35.0 Å². The van der Waals surface area contributed by atoms with E-state index >= 15 is 0 Å². The summed E-state index contributed by atoms with van der Waals surface area (Å²) in [7, 11) is 5.61. The lowest BCUT2D eigenvalue weighted by molar-refractivity contribution is -1.02. The van der Waals surface area contributed by atoms with Crippen LogP contribution in [0.4, 0.5) is 0 Å². The third-order valence-electron chi connectivity index (χ3n) is 5.89. The number of hydrogen-bond acceptors (Lipinski definition) is 5. The van der Waals surface area contributed by atoms with Gasteiger partial charge in [0, 0.05) is 0 Å². The molecule has 0 bridgehead atoms. The maximum Gasteiger partial charge on any atom is 0.214 e. The minimum Gasteiger partial charge on any atom is -0.493 e. The molecule has 2 heterocycles. The third-order valence-corrected chi connectivity index (χ3v) is 5.89. The van der Waals surface area contributed by atoms with Crippen LogP contribution in [0, 0.1) is 0 Å². The van der Waals surface area contributed by atoms with E-state index in [-0.39, 0.29) is 6.04 Å². The topological polar surface area (TPSA) is 70.9 Å². The highest BCUT2D eigenvalue weighted by Crippen LogP contribution is 2.35. The monoisotopic (exact) mass is 410 g/mol. The molecule has 1 saturated heterocycles. The number of hydrogen-bond donors (Lipinski definition) is 2. The molecule has 1 atom stereocenters. The molecular formula is C22H30N6O2+2. The van der Waals surface area contributed by atoms with Crippen LogP contribution in [0.15, 0.2) is 48.5 Å². The molecule has 0 radical (unpaired) electrons. The highest BCUT2D eigenvalue weighted by Gasteiger charge is 2.37. The SMILES string of the molecule is COc1cccc([C@H](c2nnnn2Cc2ccccc2)[NH+]2CC[NH+](C)CC2)c1OC. The van der Waals surface area contributed by atoms with Crippen molar-refractivity contribution in [3.63, 3.8) is 0 Å². The molecule has 8 nitrogen and oxygen atoms in total. The molecule has 8 heteroatoms. The predicted molar refractivity (Wildman–Crippen MR) is 112 cm³/mol. The minimum absolute atomic E-state index is 0.0399. The molecule has 0 spiro atoms. The first-order valence-electron chi connectivity index (χ1n) is 10.4. The fourth-order valence-corrected chi connectivity index (χ4v) is 4.25. The van der Waals surface area contributed by atoms with Crippen molar-refractivity contribution in [2.24, 2.45) is 0 Å². The predicted octanol–water partition coefficient (Wildman–Crippen LogP) is -0.759. The Kier molecular flexibility index (Phi) is 6.25. The van der Waals surface area contributed by atoms with Gasteiger partial charge in [-0.15, -0.1) is 5.10 Å². The Balaban J connectivity index is 1.77. The zero-order valence-electron chi connectivity index (χ0n) is 17.8. The fourth-order valence-electron chi connectivity index (χ4n) is 4.25. The van der Waals surface area contributed by atoms with Crippen LogP contribution in [0.3, 0.4) is 0 Å². The zero-order valence-corrected chi connectivity index (χ0v) is 17.8. The van der Waals surface area contributed by atoms with Crippen molar-refractivity contribution in [2.45, 2.75) is 12.6 Å². The van der Waals surface area contributed by atoms with Crippen molar-refractivity contribution in [3.05, 3.63) is 65.5 Å². The maximum atomic E-state index is 5.80. The molecule has 1 aromatic heterocycles. The Bertz CT molecular complexity index is 953. The summed E-state index contributed by atoms with van der Waals surface area (Å²) in [5, 5.41) is 12.9. The lowest BCUT2D eigenvalue weighted by Crippen LogP contribution is -3.27. The van der Waals surface area contributed by atoms with E-state index in [1.54, 1.807) is 19.1 Å². The number of piperazine rings is 1. The highest BCUT2D eigenvalue weighted by atomic mass is 16.5. The maximum absolute atomic E-state index is 5.80. The lowest BCUT2D eigenvalue weighted by Gasteiger charge is -2.33. The molecule has 2 aromatic carbocycles. The van der Waals surface area contributed by atoms with Crippen molar-refractivity contribution >= 4 is 0 Å². The van der Waals surface area contributed by atoms with Gasteiger partial charge in [-0.05, 0) is 28.1 Å². The van der Waals surface area contributed by atoms with Gasteiger partial charge in [-0.2, -0.15) is 0 Å². The van der Waals surface area contributed by atoms with E-state index in [1.165, 1.54) is 10.5 Å². The number of ether oxygens (including phenoxy) is 2. The summed E-state index contributed by atoms with van der Waals surface area (Å²) >= 11 is 0. The number of nitrogens with one attached hydrogen (secondary N) is 2. The Labute approximate surface area is 177 Å². The average Bonchev–Trinajstić information content (AvgIpc) is 3.23. The quantitative estimate of drug-likeness (QED) is 0.536. The van der Waals surface area contributed by atoms with E-state index in [0.717, 1.165) is 49.1 Å². The highest BCUT2D eigenvalue weighted by molar-refractivity contribution is 5.48. The van der Waals surface area contributed by atoms with Gasteiger partial charge in [0.2, 0.25) is 5.82 Å². The van der Waals surface area contributed by atoms with Gasteiger partial charge in [0.15, 0.2) is 17.5 Å². The molecule has 0 saturated carbocycles. The van der Waals surface area contributed by atoms with Crippen LogP contribution in [-0.2, 0) is 6.54 Å². The van der Waals surface area contributed by atoms with E-state index < -0.39 is 0 Å². The Morgan fingerprint density at radius 3 is 2.43 bits per heavy atom. The summed E-state index contributed by atoms with van der Waals surface area (Å²) in [5.74, 6) is 2.32. The second-order valence-corrected chi connectivity index (χ2v) is 7.81. The summed E-state index contributed by atoms with van der Waals surface area (Å²) < 4.78 is 13.3. The van der Waals surface area contributed by atoms with Gasteiger partial charge >= 0.3 is 0 Å². The van der Waals surface area contributed by atoms with Crippen molar-refractivity contribution in [1.82, 2.24) is 20.2 Å². The Morgan fingerprint density at radius 1 is 0.967 bits per heavy atom. The molecule has 0 unspecified atom stereocenters. The first-order valence-corrected chi connectivity index (χ1v) is 10.4. The molecule has 0 aliphatic carbocycles. The normalized spacial score (nSPS) is 20.0. The molecule has 0 amide bonds. The van der Waals surface area contributed by atoms with Gasteiger partial charge in [0.05, 0.1) is 33.4 Å². The lowest BCUT2D eigenvalue weighted by atomic mass is 10.0. The van der Waals surface area contributed by atoms with Crippen LogP contribution < -0.4 is 19.3 Å². The number of tetrazole rings is 1. The van der Waals surface area contributed by atoms with Crippen LogP contribution >= 0.6 is 0 Å². The van der Waals surface area contributed by atoms with Gasteiger partial charge in [-0.3, -0.25) is 0 Å². The van der Waals surface area contributed by atoms with Crippen LogP contribution in [0.2, 0.25) is 0 Å². The van der Waals surface area contributed by atoms with Gasteiger partial charge in [-0.25, -0.2) is 4.68 Å². The van der Waals surface area contributed by atoms with E-state index in [4.69, 9.17) is 9.47 Å². The zero-order chi connectivity index (χ0) is 20.9. The number of quaternary nitrogens is 2. The molecule has 158 valence electrons. The summed E-state index contributed by atoms with van der Waals surface area (Å²) in [5.41, 5.74) is 2.22. The molecular weight excluding hydrogens is 380 g/mol. The van der Waals surface area contributed by atoms with Crippen LogP contribution in [0.1, 0.15) is 23.0 Å². The van der Waals surface area contributed by atoms with Crippen molar-refractivity contribution < 1.29 is 19.3 Å². The average molecular weight is 411 g/mol. The molecule has 1 fully saturated rings. The minimum atomic E-state index is -0.0399. The smallest absolute Gasteiger partial charge is 0.214 e. The number of nitrogens with zero attached hydrogens (tertiary/aromatic N) is 4. The van der Waals surface area contributed by atoms with E-state index in [9.17, 15) is 0 Å². The summed E-state index contributed by atoms with van der Waals surface area (Å²) in [6.45, 7) is 4.92. The molecule has 1 aliphatic rings. The fraction of sp³-hybridized carbons (Fsp3) is 0.409. The number of likely N-dealkylation sites (N-methyl/N-ethyl adjacent to an activating group) is 1. The van der Waals surface area contributed by atoms with Crippen LogP contribution in [0.25, 0.3) is 0 Å². The molecule has 3 aromatic rings. The molecule has 1 aliphatic heterocycles. The number of benzene rings is 2. The van der Waals surface area contributed by atoms with Gasteiger partial charge in [0.25, 0.3) is 0 Å². The summed E-state index contributed by atoms with van der Waals surface area (Å²) in [4.78, 5) is 3.00. The number of aromatic nitrogens is 4. The van der Waals surface area contributed by atoms with Crippen LogP contribution in [-0.4, -0.2) is 67.7 Å². The number of methoxy groups -OCH3 is 2. The first kappa shape index (κ1) is 20.3. The van der Waals surface area contributed by atoms with E-state index in [0.29, 0.717) is 6.54 Å².